The third kappa shape index (κ3) is 5.31. The molecule has 1 unspecified atom stereocenters. The van der Waals surface area contributed by atoms with E-state index in [0.29, 0.717) is 31.7 Å². The highest BCUT2D eigenvalue weighted by Crippen LogP contribution is 2.15. The minimum absolute atomic E-state index is 0.0866. The zero-order valence-corrected chi connectivity index (χ0v) is 17.8. The fourth-order valence-corrected chi connectivity index (χ4v) is 3.92. The molecular weight excluding hydrogens is 413 g/mol. The molecule has 0 bridgehead atoms. The summed E-state index contributed by atoms with van der Waals surface area (Å²) >= 11 is 0. The number of amides is 3. The molecule has 0 spiro atoms. The number of ether oxygens (including phenoxy) is 1. The molecule has 2 aliphatic heterocycles. The van der Waals surface area contributed by atoms with Gasteiger partial charge in [0.1, 0.15) is 5.82 Å². The van der Waals surface area contributed by atoms with Crippen molar-refractivity contribution in [3.63, 3.8) is 0 Å². The fourth-order valence-electron chi connectivity index (χ4n) is 3.92. The second-order valence-corrected chi connectivity index (χ2v) is 8.12. The van der Waals surface area contributed by atoms with E-state index in [9.17, 15) is 18.8 Å². The molecule has 1 atom stereocenters. The molecule has 32 heavy (non-hydrogen) atoms. The van der Waals surface area contributed by atoms with E-state index in [1.807, 2.05) is 0 Å². The molecule has 0 saturated carbocycles. The van der Waals surface area contributed by atoms with Crippen LogP contribution in [-0.2, 0) is 27.4 Å². The largest absolute Gasteiger partial charge is 0.376 e. The average Bonchev–Trinajstić information content (AvgIpc) is 3.33. The summed E-state index contributed by atoms with van der Waals surface area (Å²) in [5.41, 5.74) is 2.15. The van der Waals surface area contributed by atoms with Gasteiger partial charge in [-0.15, -0.1) is 0 Å². The van der Waals surface area contributed by atoms with Gasteiger partial charge in [-0.3, -0.25) is 14.4 Å². The predicted molar refractivity (Wildman–Crippen MR) is 115 cm³/mol. The summed E-state index contributed by atoms with van der Waals surface area (Å²) in [6.07, 6.45) is 2.07. The highest BCUT2D eigenvalue weighted by Gasteiger charge is 2.32. The van der Waals surface area contributed by atoms with Gasteiger partial charge in [-0.2, -0.15) is 0 Å². The van der Waals surface area contributed by atoms with E-state index in [1.54, 1.807) is 36.4 Å². The first-order valence-electron chi connectivity index (χ1n) is 10.8. The van der Waals surface area contributed by atoms with Crippen LogP contribution in [0.15, 0.2) is 48.5 Å². The van der Waals surface area contributed by atoms with Crippen LogP contribution >= 0.6 is 0 Å². The van der Waals surface area contributed by atoms with Gasteiger partial charge in [-0.1, -0.05) is 24.3 Å². The first kappa shape index (κ1) is 22.0. The van der Waals surface area contributed by atoms with Crippen molar-refractivity contribution in [3.05, 3.63) is 71.0 Å². The summed E-state index contributed by atoms with van der Waals surface area (Å²) in [6, 6.07) is 12.9. The smallest absolute Gasteiger partial charge is 0.312 e. The van der Waals surface area contributed by atoms with Crippen LogP contribution in [0.3, 0.4) is 0 Å². The zero-order chi connectivity index (χ0) is 22.5. The topological polar surface area (TPSA) is 79.0 Å². The maximum atomic E-state index is 13.1. The van der Waals surface area contributed by atoms with Crippen molar-refractivity contribution in [1.29, 1.82) is 0 Å². The van der Waals surface area contributed by atoms with Gasteiger partial charge in [0.15, 0.2) is 0 Å². The van der Waals surface area contributed by atoms with Gasteiger partial charge in [0.25, 0.3) is 5.91 Å². The standard InChI is InChI=1S/C24H26FN3O4/c25-20-9-5-18(6-10-20)16-28-12-11-27(23(30)24(28)31)15-17-3-7-19(8-4-17)22(29)26-14-21-2-1-13-32-21/h3-10,21H,1-2,11-16H2,(H,26,29). The number of rotatable bonds is 7. The van der Waals surface area contributed by atoms with Crippen molar-refractivity contribution in [1.82, 2.24) is 15.1 Å². The van der Waals surface area contributed by atoms with E-state index in [0.717, 1.165) is 30.6 Å². The number of nitrogens with one attached hydrogen (secondary N) is 1. The number of piperazine rings is 1. The van der Waals surface area contributed by atoms with Crippen molar-refractivity contribution < 1.29 is 23.5 Å². The second kappa shape index (κ2) is 9.91. The van der Waals surface area contributed by atoms with E-state index in [4.69, 9.17) is 4.74 Å². The van der Waals surface area contributed by atoms with E-state index in [1.165, 1.54) is 21.9 Å². The monoisotopic (exact) mass is 439 g/mol. The van der Waals surface area contributed by atoms with Crippen LogP contribution in [0.25, 0.3) is 0 Å². The minimum atomic E-state index is -0.564. The molecule has 2 aromatic carbocycles. The molecule has 1 N–H and O–H groups in total. The number of carbonyl (C=O) groups excluding carboxylic acids is 3. The van der Waals surface area contributed by atoms with Crippen molar-refractivity contribution in [2.75, 3.05) is 26.2 Å². The highest BCUT2D eigenvalue weighted by atomic mass is 19.1. The molecule has 8 heteroatoms. The van der Waals surface area contributed by atoms with Crippen LogP contribution in [0.2, 0.25) is 0 Å². The third-order valence-electron chi connectivity index (χ3n) is 5.79. The predicted octanol–water partition coefficient (Wildman–Crippen LogP) is 2.11. The molecule has 0 radical (unpaired) electrons. The molecule has 0 aliphatic carbocycles. The van der Waals surface area contributed by atoms with Crippen LogP contribution in [0.5, 0.6) is 0 Å². The van der Waals surface area contributed by atoms with Gasteiger partial charge in [0.2, 0.25) is 0 Å². The maximum Gasteiger partial charge on any atom is 0.312 e. The summed E-state index contributed by atoms with van der Waals surface area (Å²) in [6.45, 7) is 2.64. The summed E-state index contributed by atoms with van der Waals surface area (Å²) < 4.78 is 18.6. The molecule has 2 saturated heterocycles. The van der Waals surface area contributed by atoms with Gasteiger partial charge in [0.05, 0.1) is 6.10 Å². The number of benzene rings is 2. The number of hydrogen-bond acceptors (Lipinski definition) is 4. The van der Waals surface area contributed by atoms with Crippen molar-refractivity contribution >= 4 is 17.7 Å². The van der Waals surface area contributed by atoms with Gasteiger partial charge in [0, 0.05) is 44.9 Å². The zero-order valence-electron chi connectivity index (χ0n) is 17.8. The molecule has 3 amide bonds. The van der Waals surface area contributed by atoms with Crippen molar-refractivity contribution in [3.8, 4) is 0 Å². The SMILES string of the molecule is O=C(NCC1CCCO1)c1ccc(CN2CCN(Cc3ccc(F)cc3)C(=O)C2=O)cc1. The Bertz CT molecular complexity index is 972. The summed E-state index contributed by atoms with van der Waals surface area (Å²) in [5.74, 6) is -1.62. The van der Waals surface area contributed by atoms with Gasteiger partial charge < -0.3 is 19.9 Å². The number of nitrogens with zero attached hydrogens (tertiary/aromatic N) is 2. The number of hydrogen-bond donors (Lipinski definition) is 1. The molecule has 4 rings (SSSR count). The third-order valence-corrected chi connectivity index (χ3v) is 5.79. The molecule has 2 aromatic rings. The van der Waals surface area contributed by atoms with Gasteiger partial charge in [-0.25, -0.2) is 4.39 Å². The summed E-state index contributed by atoms with van der Waals surface area (Å²) in [4.78, 5) is 40.4. The average molecular weight is 439 g/mol. The Morgan fingerprint density at radius 1 is 0.938 bits per heavy atom. The Balaban J connectivity index is 1.29. The summed E-state index contributed by atoms with van der Waals surface area (Å²) in [7, 11) is 0. The van der Waals surface area contributed by atoms with Gasteiger partial charge in [-0.05, 0) is 48.2 Å². The van der Waals surface area contributed by atoms with E-state index in [-0.39, 0.29) is 24.4 Å². The lowest BCUT2D eigenvalue weighted by Crippen LogP contribution is -2.53. The number of halogens is 1. The second-order valence-electron chi connectivity index (χ2n) is 8.12. The fraction of sp³-hybridized carbons (Fsp3) is 0.375. The molecule has 168 valence electrons. The highest BCUT2D eigenvalue weighted by molar-refractivity contribution is 6.35. The Morgan fingerprint density at radius 2 is 1.50 bits per heavy atom. The van der Waals surface area contributed by atoms with Crippen LogP contribution in [-0.4, -0.2) is 59.9 Å². The molecule has 2 fully saturated rings. The first-order valence-corrected chi connectivity index (χ1v) is 10.8. The minimum Gasteiger partial charge on any atom is -0.376 e. The first-order chi connectivity index (χ1) is 15.5. The van der Waals surface area contributed by atoms with Crippen LogP contribution < -0.4 is 5.32 Å². The lowest BCUT2D eigenvalue weighted by atomic mass is 10.1. The van der Waals surface area contributed by atoms with Crippen LogP contribution in [0.4, 0.5) is 4.39 Å². The van der Waals surface area contributed by atoms with E-state index in [2.05, 4.69) is 5.32 Å². The van der Waals surface area contributed by atoms with E-state index < -0.39 is 11.8 Å². The lowest BCUT2D eigenvalue weighted by Gasteiger charge is -2.33. The summed E-state index contributed by atoms with van der Waals surface area (Å²) in [5, 5.41) is 2.88. The van der Waals surface area contributed by atoms with Crippen molar-refractivity contribution in [2.45, 2.75) is 32.0 Å². The van der Waals surface area contributed by atoms with Crippen molar-refractivity contribution in [2.24, 2.45) is 0 Å². The van der Waals surface area contributed by atoms with Crippen LogP contribution in [0, 0.1) is 5.82 Å². The quantitative estimate of drug-likeness (QED) is 0.671. The Kier molecular flexibility index (Phi) is 6.80. The molecule has 7 nitrogen and oxygen atoms in total. The Hall–Kier alpha value is -3.26. The lowest BCUT2D eigenvalue weighted by molar-refractivity contribution is -0.156. The molecule has 2 heterocycles. The Labute approximate surface area is 186 Å². The molecular formula is C24H26FN3O4. The molecule has 0 aromatic heterocycles. The maximum absolute atomic E-state index is 13.1. The normalized spacial score (nSPS) is 18.8. The molecule has 2 aliphatic rings. The van der Waals surface area contributed by atoms with Gasteiger partial charge >= 0.3 is 11.8 Å². The van der Waals surface area contributed by atoms with Crippen LogP contribution in [0.1, 0.15) is 34.3 Å². The Morgan fingerprint density at radius 3 is 2.03 bits per heavy atom. The van der Waals surface area contributed by atoms with E-state index >= 15 is 0 Å². The number of carbonyl (C=O) groups is 3.